The van der Waals surface area contributed by atoms with Crippen molar-refractivity contribution in [2.45, 2.75) is 19.9 Å². The van der Waals surface area contributed by atoms with Gasteiger partial charge in [-0.05, 0) is 0 Å². The zero-order valence-corrected chi connectivity index (χ0v) is 10.9. The summed E-state index contributed by atoms with van der Waals surface area (Å²) in [6, 6.07) is 1.67. The Labute approximate surface area is 113 Å². The maximum Gasteiger partial charge on any atom is 0.255 e. The van der Waals surface area contributed by atoms with Crippen molar-refractivity contribution in [3.63, 3.8) is 0 Å². The topological polar surface area (TPSA) is 81.1 Å². The highest BCUT2D eigenvalue weighted by atomic mass is 35.5. The Kier molecular flexibility index (Phi) is 3.04. The van der Waals surface area contributed by atoms with Gasteiger partial charge in [0.15, 0.2) is 0 Å². The molecule has 3 rings (SSSR count). The number of hydrogen-bond acceptors (Lipinski definition) is 6. The molecule has 1 N–H and O–H groups in total. The number of nitrogens with one attached hydrogen (secondary N) is 1. The monoisotopic (exact) mass is 278 g/mol. The maximum atomic E-state index is 5.92. The van der Waals surface area contributed by atoms with Crippen LogP contribution in [0.5, 0.6) is 0 Å². The maximum absolute atomic E-state index is 5.92. The second-order valence-electron chi connectivity index (χ2n) is 3.86. The van der Waals surface area contributed by atoms with E-state index < -0.39 is 0 Å². The van der Waals surface area contributed by atoms with Crippen molar-refractivity contribution in [2.24, 2.45) is 0 Å². The van der Waals surface area contributed by atoms with Crippen molar-refractivity contribution < 1.29 is 4.42 Å². The van der Waals surface area contributed by atoms with Crippen LogP contribution >= 0.6 is 11.6 Å². The van der Waals surface area contributed by atoms with Crippen LogP contribution < -0.4 is 5.32 Å². The fraction of sp³-hybridized carbons (Fsp3) is 0.273. The number of nitrogens with zero attached hydrogens (tertiary/aromatic N) is 5. The third-order valence-electron chi connectivity index (χ3n) is 2.59. The molecule has 0 aliphatic rings. The molecule has 3 aromatic heterocycles. The third kappa shape index (κ3) is 2.37. The summed E-state index contributed by atoms with van der Waals surface area (Å²) >= 11 is 5.92. The average Bonchev–Trinajstić information content (AvgIpc) is 3.03. The summed E-state index contributed by atoms with van der Waals surface area (Å²) < 4.78 is 7.08. The number of aromatic nitrogens is 5. The first-order valence-electron chi connectivity index (χ1n) is 5.80. The van der Waals surface area contributed by atoms with E-state index in [0.29, 0.717) is 29.2 Å². The van der Waals surface area contributed by atoms with E-state index in [0.717, 1.165) is 12.2 Å². The molecule has 0 bridgehead atoms. The van der Waals surface area contributed by atoms with Crippen molar-refractivity contribution in [3.05, 3.63) is 35.4 Å². The van der Waals surface area contributed by atoms with Gasteiger partial charge in [0.1, 0.15) is 23.1 Å². The van der Waals surface area contributed by atoms with Gasteiger partial charge in [0.05, 0.1) is 12.7 Å². The summed E-state index contributed by atoms with van der Waals surface area (Å²) in [5, 5.41) is 7.56. The first-order valence-corrected chi connectivity index (χ1v) is 6.18. The quantitative estimate of drug-likeness (QED) is 0.735. The number of fused-ring (bicyclic) bond motifs is 1. The van der Waals surface area contributed by atoms with Crippen molar-refractivity contribution in [2.75, 3.05) is 5.32 Å². The number of rotatable bonds is 4. The van der Waals surface area contributed by atoms with E-state index in [4.69, 9.17) is 16.0 Å². The van der Waals surface area contributed by atoms with E-state index in [2.05, 4.69) is 25.4 Å². The fourth-order valence-corrected chi connectivity index (χ4v) is 1.85. The molecule has 0 aliphatic heterocycles. The molecule has 0 amide bonds. The second-order valence-corrected chi connectivity index (χ2v) is 4.25. The number of anilines is 1. The Balaban J connectivity index is 1.83. The molecule has 0 radical (unpaired) electrons. The fourth-order valence-electron chi connectivity index (χ4n) is 1.67. The lowest BCUT2D eigenvalue weighted by Crippen LogP contribution is -2.06. The molecular formula is C11H11ClN6O. The molecule has 0 spiro atoms. The number of aryl methyl sites for hydroxylation is 1. The predicted molar refractivity (Wildman–Crippen MR) is 69.0 cm³/mol. The minimum Gasteiger partial charge on any atom is -0.444 e. The van der Waals surface area contributed by atoms with E-state index in [9.17, 15) is 0 Å². The highest BCUT2D eigenvalue weighted by Crippen LogP contribution is 2.15. The molecule has 0 unspecified atom stereocenters. The van der Waals surface area contributed by atoms with Gasteiger partial charge in [-0.15, -0.1) is 0 Å². The first-order chi connectivity index (χ1) is 9.26. The molecule has 0 saturated heterocycles. The van der Waals surface area contributed by atoms with Crippen LogP contribution in [0, 0.1) is 0 Å². The molecule has 0 aromatic carbocycles. The number of oxazole rings is 1. The zero-order valence-electron chi connectivity index (χ0n) is 10.2. The Morgan fingerprint density at radius 3 is 3.11 bits per heavy atom. The Morgan fingerprint density at radius 1 is 1.42 bits per heavy atom. The second kappa shape index (κ2) is 4.85. The molecule has 8 heteroatoms. The summed E-state index contributed by atoms with van der Waals surface area (Å²) in [5.41, 5.74) is 0. The van der Waals surface area contributed by atoms with Gasteiger partial charge in [-0.2, -0.15) is 19.6 Å². The van der Waals surface area contributed by atoms with Crippen molar-refractivity contribution in [3.8, 4) is 0 Å². The first kappa shape index (κ1) is 11.9. The molecular weight excluding hydrogens is 268 g/mol. The summed E-state index contributed by atoms with van der Waals surface area (Å²) in [4.78, 5) is 12.2. The molecule has 3 aromatic rings. The molecule has 0 atom stereocenters. The van der Waals surface area contributed by atoms with Gasteiger partial charge in [-0.25, -0.2) is 4.98 Å². The minimum atomic E-state index is 0.352. The van der Waals surface area contributed by atoms with Gasteiger partial charge < -0.3 is 9.73 Å². The lowest BCUT2D eigenvalue weighted by Gasteiger charge is -2.05. The molecule has 0 aliphatic carbocycles. The van der Waals surface area contributed by atoms with Crippen molar-refractivity contribution >= 4 is 23.2 Å². The molecule has 0 fully saturated rings. The molecule has 0 saturated carbocycles. The lowest BCUT2D eigenvalue weighted by atomic mass is 10.4. The standard InChI is InChI=1S/C11H11ClN6O/c1-2-7-4-14-10(19-7)5-13-9-3-8(12)17-11-15-6-16-18(9)11/h3-4,6,13H,2,5H2,1H3. The largest absolute Gasteiger partial charge is 0.444 e. The minimum absolute atomic E-state index is 0.352. The summed E-state index contributed by atoms with van der Waals surface area (Å²) in [6.07, 6.45) is 3.97. The highest BCUT2D eigenvalue weighted by Gasteiger charge is 2.08. The Morgan fingerprint density at radius 2 is 2.32 bits per heavy atom. The molecule has 19 heavy (non-hydrogen) atoms. The van der Waals surface area contributed by atoms with E-state index in [1.165, 1.54) is 6.33 Å². The van der Waals surface area contributed by atoms with Crippen LogP contribution in [0.4, 0.5) is 5.82 Å². The van der Waals surface area contributed by atoms with Crippen LogP contribution in [0.25, 0.3) is 5.78 Å². The van der Waals surface area contributed by atoms with Crippen LogP contribution in [0.2, 0.25) is 5.15 Å². The normalized spacial score (nSPS) is 11.1. The van der Waals surface area contributed by atoms with Crippen molar-refractivity contribution in [1.29, 1.82) is 0 Å². The highest BCUT2D eigenvalue weighted by molar-refractivity contribution is 6.29. The van der Waals surface area contributed by atoms with E-state index in [1.807, 2.05) is 6.92 Å². The van der Waals surface area contributed by atoms with Gasteiger partial charge in [0.2, 0.25) is 5.89 Å². The predicted octanol–water partition coefficient (Wildman–Crippen LogP) is 1.94. The summed E-state index contributed by atoms with van der Waals surface area (Å²) in [7, 11) is 0. The lowest BCUT2D eigenvalue weighted by molar-refractivity contribution is 0.465. The van der Waals surface area contributed by atoms with Crippen LogP contribution in [0.3, 0.4) is 0 Å². The summed E-state index contributed by atoms with van der Waals surface area (Å²) in [5.74, 6) is 2.59. The van der Waals surface area contributed by atoms with Gasteiger partial charge in [0, 0.05) is 12.5 Å². The van der Waals surface area contributed by atoms with Crippen LogP contribution in [-0.4, -0.2) is 24.6 Å². The summed E-state index contributed by atoms with van der Waals surface area (Å²) in [6.45, 7) is 2.45. The SMILES string of the molecule is CCc1cnc(CNc2cc(Cl)nc3ncnn23)o1. The van der Waals surface area contributed by atoms with E-state index >= 15 is 0 Å². The van der Waals surface area contributed by atoms with Gasteiger partial charge in [-0.3, -0.25) is 0 Å². The van der Waals surface area contributed by atoms with Crippen molar-refractivity contribution in [1.82, 2.24) is 24.6 Å². The van der Waals surface area contributed by atoms with Crippen LogP contribution in [0.15, 0.2) is 23.0 Å². The Hall–Kier alpha value is -2.15. The van der Waals surface area contributed by atoms with Crippen LogP contribution in [0.1, 0.15) is 18.6 Å². The zero-order chi connectivity index (χ0) is 13.2. The molecule has 7 nitrogen and oxygen atoms in total. The van der Waals surface area contributed by atoms with Gasteiger partial charge >= 0.3 is 0 Å². The number of halogens is 1. The molecule has 3 heterocycles. The van der Waals surface area contributed by atoms with Gasteiger partial charge in [-0.1, -0.05) is 18.5 Å². The van der Waals surface area contributed by atoms with Gasteiger partial charge in [0.25, 0.3) is 5.78 Å². The number of hydrogen-bond donors (Lipinski definition) is 1. The van der Waals surface area contributed by atoms with Crippen LogP contribution in [-0.2, 0) is 13.0 Å². The smallest absolute Gasteiger partial charge is 0.255 e. The third-order valence-corrected chi connectivity index (χ3v) is 2.78. The van der Waals surface area contributed by atoms with E-state index in [-0.39, 0.29) is 0 Å². The average molecular weight is 279 g/mol. The molecule has 98 valence electrons. The van der Waals surface area contributed by atoms with E-state index in [1.54, 1.807) is 16.8 Å². The Bertz CT molecular complexity index is 706.